The van der Waals surface area contributed by atoms with Crippen molar-refractivity contribution in [3.63, 3.8) is 0 Å². The van der Waals surface area contributed by atoms with Crippen LogP contribution in [0, 0.1) is 5.92 Å². The zero-order chi connectivity index (χ0) is 18.2. The molecule has 2 aliphatic heterocycles. The smallest absolute Gasteiger partial charge is 0.171 e. The van der Waals surface area contributed by atoms with Crippen molar-refractivity contribution in [1.29, 1.82) is 0 Å². The molecule has 5 nitrogen and oxygen atoms in total. The average molecular weight is 360 g/mol. The minimum absolute atomic E-state index is 0.0855. The van der Waals surface area contributed by atoms with Crippen molar-refractivity contribution in [2.75, 3.05) is 0 Å². The van der Waals surface area contributed by atoms with E-state index in [2.05, 4.69) is 45.3 Å². The molecule has 5 rings (SSSR count). The van der Waals surface area contributed by atoms with E-state index in [-0.39, 0.29) is 11.7 Å². The first-order valence-corrected chi connectivity index (χ1v) is 9.92. The Morgan fingerprint density at radius 3 is 2.63 bits per heavy atom. The number of nitrogens with zero attached hydrogens (tertiary/aromatic N) is 4. The number of Topliss-reactive ketones (excluding diaryl/α,β-unsaturated/α-hetero) is 1. The van der Waals surface area contributed by atoms with Crippen molar-refractivity contribution in [1.82, 2.24) is 19.5 Å². The van der Waals surface area contributed by atoms with Crippen LogP contribution in [0.15, 0.2) is 55.0 Å². The fraction of sp³-hybridized carbons (Fsp3) is 0.409. The van der Waals surface area contributed by atoms with Crippen molar-refractivity contribution >= 4 is 11.4 Å². The molecule has 0 saturated carbocycles. The van der Waals surface area contributed by atoms with E-state index < -0.39 is 0 Å². The van der Waals surface area contributed by atoms with Gasteiger partial charge in [0.1, 0.15) is 0 Å². The topological polar surface area (TPSA) is 50.5 Å². The summed E-state index contributed by atoms with van der Waals surface area (Å²) < 4.78 is 1.69. The lowest BCUT2D eigenvalue weighted by molar-refractivity contribution is 0.00910. The molecule has 2 aliphatic rings. The highest BCUT2D eigenvalue weighted by atomic mass is 16.1. The SMILES string of the molecule is O=C(c1cnn2cccnc12)C1CC2CCCC(C1)N2Cc1ccccc1. The van der Waals surface area contributed by atoms with Crippen LogP contribution >= 0.6 is 0 Å². The number of hydrogen-bond donors (Lipinski definition) is 0. The normalized spacial score (nSPS) is 25.6. The highest BCUT2D eigenvalue weighted by molar-refractivity contribution is 6.02. The van der Waals surface area contributed by atoms with Gasteiger partial charge in [-0.2, -0.15) is 5.10 Å². The molecule has 1 aromatic carbocycles. The second-order valence-electron chi connectivity index (χ2n) is 7.88. The predicted molar refractivity (Wildman–Crippen MR) is 103 cm³/mol. The zero-order valence-corrected chi connectivity index (χ0v) is 15.4. The second-order valence-corrected chi connectivity index (χ2v) is 7.88. The predicted octanol–water partition coefficient (Wildman–Crippen LogP) is 3.75. The van der Waals surface area contributed by atoms with Crippen LogP contribution in [0.1, 0.15) is 48.0 Å². The molecular formula is C22H24N4O. The summed E-state index contributed by atoms with van der Waals surface area (Å²) in [5.41, 5.74) is 2.72. The number of ketones is 1. The van der Waals surface area contributed by atoms with E-state index in [1.165, 1.54) is 24.8 Å². The number of carbonyl (C=O) groups excluding carboxylic acids is 1. The highest BCUT2D eigenvalue weighted by Crippen LogP contribution is 2.39. The lowest BCUT2D eigenvalue weighted by Crippen LogP contribution is -2.52. The molecule has 0 aliphatic carbocycles. The number of fused-ring (bicyclic) bond motifs is 3. The van der Waals surface area contributed by atoms with Gasteiger partial charge in [-0.1, -0.05) is 36.8 Å². The maximum atomic E-state index is 13.3. The Labute approximate surface area is 159 Å². The van der Waals surface area contributed by atoms with Crippen LogP contribution < -0.4 is 0 Å². The molecule has 2 aromatic heterocycles. The molecule has 5 heteroatoms. The molecule has 2 saturated heterocycles. The van der Waals surface area contributed by atoms with E-state index in [0.29, 0.717) is 23.3 Å². The van der Waals surface area contributed by atoms with Crippen molar-refractivity contribution in [3.05, 3.63) is 66.1 Å². The lowest BCUT2D eigenvalue weighted by Gasteiger charge is -2.48. The Morgan fingerprint density at radius 2 is 1.85 bits per heavy atom. The van der Waals surface area contributed by atoms with Crippen LogP contribution in [-0.4, -0.2) is 37.4 Å². The second kappa shape index (κ2) is 6.89. The molecule has 2 fully saturated rings. The van der Waals surface area contributed by atoms with E-state index in [1.807, 2.05) is 12.3 Å². The largest absolute Gasteiger partial charge is 0.294 e. The van der Waals surface area contributed by atoms with Crippen LogP contribution in [0.5, 0.6) is 0 Å². The van der Waals surface area contributed by atoms with Gasteiger partial charge in [0.2, 0.25) is 0 Å². The van der Waals surface area contributed by atoms with Gasteiger partial charge < -0.3 is 0 Å². The van der Waals surface area contributed by atoms with Crippen molar-refractivity contribution in [3.8, 4) is 0 Å². The summed E-state index contributed by atoms with van der Waals surface area (Å²) in [7, 11) is 0. The van der Waals surface area contributed by atoms with Gasteiger partial charge in [-0.15, -0.1) is 0 Å². The molecular weight excluding hydrogens is 336 g/mol. The van der Waals surface area contributed by atoms with Gasteiger partial charge >= 0.3 is 0 Å². The minimum atomic E-state index is 0.0855. The molecule has 4 heterocycles. The summed E-state index contributed by atoms with van der Waals surface area (Å²) in [5.74, 6) is 0.308. The molecule has 2 unspecified atom stereocenters. The van der Waals surface area contributed by atoms with E-state index in [0.717, 1.165) is 19.4 Å². The molecule has 3 aromatic rings. The van der Waals surface area contributed by atoms with Gasteiger partial charge in [0.25, 0.3) is 0 Å². The Kier molecular flexibility index (Phi) is 4.24. The number of carbonyl (C=O) groups is 1. The molecule has 2 bridgehead atoms. The maximum absolute atomic E-state index is 13.3. The van der Waals surface area contributed by atoms with E-state index in [9.17, 15) is 4.79 Å². The Balaban J connectivity index is 1.37. The maximum Gasteiger partial charge on any atom is 0.171 e. The summed E-state index contributed by atoms with van der Waals surface area (Å²) in [4.78, 5) is 20.3. The van der Waals surface area contributed by atoms with Gasteiger partial charge in [0.05, 0.1) is 11.8 Å². The zero-order valence-electron chi connectivity index (χ0n) is 15.4. The van der Waals surface area contributed by atoms with E-state index in [1.54, 1.807) is 16.9 Å². The van der Waals surface area contributed by atoms with Crippen LogP contribution in [-0.2, 0) is 6.54 Å². The first-order chi connectivity index (χ1) is 13.3. The molecule has 138 valence electrons. The quantitative estimate of drug-likeness (QED) is 0.665. The number of piperidine rings is 2. The van der Waals surface area contributed by atoms with Crippen molar-refractivity contribution in [2.45, 2.75) is 50.7 Å². The summed E-state index contributed by atoms with van der Waals surface area (Å²) in [5, 5.41) is 4.30. The third-order valence-electron chi connectivity index (χ3n) is 6.25. The molecule has 0 spiro atoms. The Hall–Kier alpha value is -2.53. The summed E-state index contributed by atoms with van der Waals surface area (Å²) in [6, 6.07) is 13.5. The Morgan fingerprint density at radius 1 is 1.07 bits per heavy atom. The number of benzene rings is 1. The molecule has 0 amide bonds. The van der Waals surface area contributed by atoms with Crippen molar-refractivity contribution in [2.24, 2.45) is 5.92 Å². The van der Waals surface area contributed by atoms with Crippen LogP contribution in [0.4, 0.5) is 0 Å². The molecule has 0 radical (unpaired) electrons. The van der Waals surface area contributed by atoms with Gasteiger partial charge in [0, 0.05) is 36.9 Å². The van der Waals surface area contributed by atoms with E-state index in [4.69, 9.17) is 0 Å². The highest BCUT2D eigenvalue weighted by Gasteiger charge is 2.41. The molecule has 0 N–H and O–H groups in total. The summed E-state index contributed by atoms with van der Waals surface area (Å²) in [6.45, 7) is 0.995. The fourth-order valence-electron chi connectivity index (χ4n) is 4.97. The molecule has 27 heavy (non-hydrogen) atoms. The third kappa shape index (κ3) is 3.06. The lowest BCUT2D eigenvalue weighted by atomic mass is 9.75. The number of aromatic nitrogens is 3. The number of rotatable bonds is 4. The first kappa shape index (κ1) is 16.6. The monoisotopic (exact) mass is 360 g/mol. The molecule has 2 atom stereocenters. The Bertz CT molecular complexity index is 937. The minimum Gasteiger partial charge on any atom is -0.294 e. The number of hydrogen-bond acceptors (Lipinski definition) is 4. The standard InChI is InChI=1S/C22H24N4O/c27-21(20-14-24-26-11-5-10-23-22(20)26)17-12-18-8-4-9-19(13-17)25(18)15-16-6-2-1-3-7-16/h1-3,5-7,10-11,14,17-19H,4,8-9,12-13,15H2. The van der Waals surface area contributed by atoms with E-state index >= 15 is 0 Å². The van der Waals surface area contributed by atoms with Crippen molar-refractivity contribution < 1.29 is 4.79 Å². The summed E-state index contributed by atoms with van der Waals surface area (Å²) >= 11 is 0. The van der Waals surface area contributed by atoms with Gasteiger partial charge in [0.15, 0.2) is 11.4 Å². The van der Waals surface area contributed by atoms with Gasteiger partial charge in [-0.05, 0) is 37.3 Å². The summed E-state index contributed by atoms with van der Waals surface area (Å²) in [6.07, 6.45) is 10.8. The fourth-order valence-corrected chi connectivity index (χ4v) is 4.97. The van der Waals surface area contributed by atoms with Crippen LogP contribution in [0.3, 0.4) is 0 Å². The van der Waals surface area contributed by atoms with Crippen LogP contribution in [0.25, 0.3) is 5.65 Å². The van der Waals surface area contributed by atoms with Gasteiger partial charge in [-0.25, -0.2) is 9.50 Å². The first-order valence-electron chi connectivity index (χ1n) is 9.92. The average Bonchev–Trinajstić information content (AvgIpc) is 3.12. The van der Waals surface area contributed by atoms with Gasteiger partial charge in [-0.3, -0.25) is 9.69 Å². The third-order valence-corrected chi connectivity index (χ3v) is 6.25. The van der Waals surface area contributed by atoms with Crippen LogP contribution in [0.2, 0.25) is 0 Å².